The molecule has 2 aliphatic carbocycles. The van der Waals surface area contributed by atoms with E-state index in [-0.39, 0.29) is 34.2 Å². The van der Waals surface area contributed by atoms with Crippen LogP contribution in [0.4, 0.5) is 11.4 Å². The lowest BCUT2D eigenvalue weighted by Gasteiger charge is -2.61. The van der Waals surface area contributed by atoms with E-state index in [1.807, 2.05) is 6.92 Å². The Kier molecular flexibility index (Phi) is 3.72. The minimum absolute atomic E-state index is 0.0838. The quantitative estimate of drug-likeness (QED) is 0.637. The Morgan fingerprint density at radius 2 is 2.28 bits per heavy atom. The van der Waals surface area contributed by atoms with Gasteiger partial charge in [-0.15, -0.1) is 0 Å². The molecular formula is C17H20N4O4. The third kappa shape index (κ3) is 2.39. The number of ether oxygens (including phenoxy) is 1. The molecule has 1 aromatic carbocycles. The second-order valence-corrected chi connectivity index (χ2v) is 6.84. The van der Waals surface area contributed by atoms with Crippen LogP contribution in [0, 0.1) is 15.5 Å². The van der Waals surface area contributed by atoms with Crippen LogP contribution in [0.25, 0.3) is 10.9 Å². The van der Waals surface area contributed by atoms with Crippen molar-refractivity contribution in [2.75, 3.05) is 11.9 Å². The number of nitrogens with zero attached hydrogens (tertiary/aromatic N) is 2. The Morgan fingerprint density at radius 3 is 2.92 bits per heavy atom. The zero-order valence-corrected chi connectivity index (χ0v) is 13.9. The molecule has 2 fully saturated rings. The van der Waals surface area contributed by atoms with E-state index in [1.165, 1.54) is 18.8 Å². The summed E-state index contributed by atoms with van der Waals surface area (Å²) in [5.74, 6) is 0. The van der Waals surface area contributed by atoms with Crippen LogP contribution in [0.5, 0.6) is 0 Å². The van der Waals surface area contributed by atoms with E-state index in [0.717, 1.165) is 19.3 Å². The number of H-pyrrole nitrogens is 1. The number of anilines is 1. The first kappa shape index (κ1) is 16.0. The molecule has 0 bridgehead atoms. The van der Waals surface area contributed by atoms with Crippen LogP contribution in [0.15, 0.2) is 23.3 Å². The lowest BCUT2D eigenvalue weighted by Crippen LogP contribution is -2.64. The maximum absolute atomic E-state index is 11.9. The van der Waals surface area contributed by atoms with Gasteiger partial charge in [0.1, 0.15) is 5.69 Å². The Hall–Kier alpha value is -2.48. The SMILES string of the molecule is CCOC1CC(Nc2cc3nc[nH]c(=O)c3cc2[N+](=O)[O-])C12CCC2. The molecule has 2 saturated carbocycles. The van der Waals surface area contributed by atoms with E-state index in [2.05, 4.69) is 15.3 Å². The van der Waals surface area contributed by atoms with E-state index < -0.39 is 4.92 Å². The topological polar surface area (TPSA) is 110 Å². The number of aromatic amines is 1. The van der Waals surface area contributed by atoms with E-state index in [1.54, 1.807) is 6.07 Å². The van der Waals surface area contributed by atoms with Crippen LogP contribution in [-0.4, -0.2) is 33.6 Å². The van der Waals surface area contributed by atoms with E-state index in [0.29, 0.717) is 17.8 Å². The van der Waals surface area contributed by atoms with Crippen LogP contribution in [0.2, 0.25) is 0 Å². The summed E-state index contributed by atoms with van der Waals surface area (Å²) in [4.78, 5) is 29.5. The number of fused-ring (bicyclic) bond motifs is 1. The van der Waals surface area contributed by atoms with Crippen molar-refractivity contribution < 1.29 is 9.66 Å². The Bertz CT molecular complexity index is 890. The molecule has 25 heavy (non-hydrogen) atoms. The number of nitro benzene ring substituents is 1. The largest absolute Gasteiger partial charge is 0.378 e. The monoisotopic (exact) mass is 344 g/mol. The first-order valence-corrected chi connectivity index (χ1v) is 8.59. The lowest BCUT2D eigenvalue weighted by molar-refractivity contribution is -0.383. The maximum atomic E-state index is 11.9. The summed E-state index contributed by atoms with van der Waals surface area (Å²) in [6.45, 7) is 2.67. The van der Waals surface area contributed by atoms with Crippen molar-refractivity contribution >= 4 is 22.3 Å². The van der Waals surface area contributed by atoms with Gasteiger partial charge in [0.2, 0.25) is 0 Å². The number of aromatic nitrogens is 2. The van der Waals surface area contributed by atoms with Crippen molar-refractivity contribution in [2.24, 2.45) is 5.41 Å². The number of hydrogen-bond donors (Lipinski definition) is 2. The van der Waals surface area contributed by atoms with Gasteiger partial charge in [-0.05, 0) is 32.3 Å². The van der Waals surface area contributed by atoms with E-state index in [4.69, 9.17) is 4.74 Å². The van der Waals surface area contributed by atoms with Crippen LogP contribution >= 0.6 is 0 Å². The van der Waals surface area contributed by atoms with Crippen molar-refractivity contribution in [3.63, 3.8) is 0 Å². The normalized spacial score (nSPS) is 23.9. The first-order chi connectivity index (χ1) is 12.0. The van der Waals surface area contributed by atoms with Gasteiger partial charge in [0.05, 0.1) is 28.3 Å². The number of rotatable bonds is 5. The summed E-state index contributed by atoms with van der Waals surface area (Å²) in [7, 11) is 0. The standard InChI is InChI=1S/C17H20N4O4/c1-2-25-15-8-14(17(15)4-3-5-17)20-12-7-11-10(6-13(12)21(23)24)16(22)19-9-18-11/h6-7,9,14-15,20H,2-5,8H2,1H3,(H,18,19,22). The predicted molar refractivity (Wildman–Crippen MR) is 92.7 cm³/mol. The molecule has 2 aromatic rings. The van der Waals surface area contributed by atoms with Crippen LogP contribution in [0.1, 0.15) is 32.6 Å². The molecule has 0 radical (unpaired) electrons. The second kappa shape index (κ2) is 5.80. The number of hydrogen-bond acceptors (Lipinski definition) is 6. The Balaban J connectivity index is 1.68. The lowest BCUT2D eigenvalue weighted by atomic mass is 9.51. The predicted octanol–water partition coefficient (Wildman–Crippen LogP) is 2.59. The van der Waals surface area contributed by atoms with Gasteiger partial charge in [-0.1, -0.05) is 6.42 Å². The fourth-order valence-electron chi connectivity index (χ4n) is 4.20. The molecule has 2 unspecified atom stereocenters. The molecule has 1 heterocycles. The van der Waals surface area contributed by atoms with Gasteiger partial charge in [-0.25, -0.2) is 4.98 Å². The zero-order valence-electron chi connectivity index (χ0n) is 13.9. The highest BCUT2D eigenvalue weighted by Crippen LogP contribution is 2.58. The van der Waals surface area contributed by atoms with Gasteiger partial charge in [-0.2, -0.15) is 0 Å². The van der Waals surface area contributed by atoms with Gasteiger partial charge < -0.3 is 15.0 Å². The summed E-state index contributed by atoms with van der Waals surface area (Å²) in [5.41, 5.74) is 0.470. The minimum Gasteiger partial charge on any atom is -0.378 e. The zero-order chi connectivity index (χ0) is 17.6. The molecule has 132 valence electrons. The molecule has 1 aromatic heterocycles. The smallest absolute Gasteiger partial charge is 0.293 e. The highest BCUT2D eigenvalue weighted by molar-refractivity contribution is 5.86. The number of benzene rings is 1. The fraction of sp³-hybridized carbons (Fsp3) is 0.529. The second-order valence-electron chi connectivity index (χ2n) is 6.84. The molecular weight excluding hydrogens is 324 g/mol. The van der Waals surface area contributed by atoms with Gasteiger partial charge in [-0.3, -0.25) is 14.9 Å². The summed E-state index contributed by atoms with van der Waals surface area (Å²) in [6, 6.07) is 3.05. The molecule has 4 rings (SSSR count). The summed E-state index contributed by atoms with van der Waals surface area (Å²) < 4.78 is 5.84. The van der Waals surface area contributed by atoms with Crippen LogP contribution in [0.3, 0.4) is 0 Å². The van der Waals surface area contributed by atoms with Crippen LogP contribution < -0.4 is 10.9 Å². The van der Waals surface area contributed by atoms with Gasteiger partial charge >= 0.3 is 0 Å². The van der Waals surface area contributed by atoms with E-state index in [9.17, 15) is 14.9 Å². The third-order valence-electron chi connectivity index (χ3n) is 5.72. The summed E-state index contributed by atoms with van der Waals surface area (Å²) in [6.07, 6.45) is 5.69. The molecule has 8 heteroatoms. The number of nitro groups is 1. The fourth-order valence-corrected chi connectivity index (χ4v) is 4.20. The number of nitrogens with one attached hydrogen (secondary N) is 2. The molecule has 8 nitrogen and oxygen atoms in total. The van der Waals surface area contributed by atoms with Crippen molar-refractivity contribution in [3.05, 3.63) is 38.9 Å². The molecule has 2 atom stereocenters. The Labute approximate surface area is 143 Å². The summed E-state index contributed by atoms with van der Waals surface area (Å²) >= 11 is 0. The minimum atomic E-state index is -0.458. The average Bonchev–Trinajstić information content (AvgIpc) is 2.51. The molecule has 1 spiro atoms. The molecule has 0 aliphatic heterocycles. The molecule has 2 aliphatic rings. The van der Waals surface area contributed by atoms with Crippen molar-refractivity contribution in [2.45, 2.75) is 44.8 Å². The molecule has 0 saturated heterocycles. The van der Waals surface area contributed by atoms with Crippen molar-refractivity contribution in [1.82, 2.24) is 9.97 Å². The molecule has 0 amide bonds. The first-order valence-electron chi connectivity index (χ1n) is 8.59. The van der Waals surface area contributed by atoms with Crippen LogP contribution in [-0.2, 0) is 4.74 Å². The average molecular weight is 344 g/mol. The van der Waals surface area contributed by atoms with Gasteiger partial charge in [0.15, 0.2) is 0 Å². The maximum Gasteiger partial charge on any atom is 0.293 e. The highest BCUT2D eigenvalue weighted by Gasteiger charge is 2.59. The molecule has 2 N–H and O–H groups in total. The summed E-state index contributed by atoms with van der Waals surface area (Å²) in [5, 5.41) is 15.1. The van der Waals surface area contributed by atoms with Gasteiger partial charge in [0.25, 0.3) is 11.2 Å². The Morgan fingerprint density at radius 1 is 1.48 bits per heavy atom. The third-order valence-corrected chi connectivity index (χ3v) is 5.72. The van der Waals surface area contributed by atoms with Crippen molar-refractivity contribution in [1.29, 1.82) is 0 Å². The van der Waals surface area contributed by atoms with Gasteiger partial charge in [0, 0.05) is 24.1 Å². The van der Waals surface area contributed by atoms with E-state index >= 15 is 0 Å². The highest BCUT2D eigenvalue weighted by atomic mass is 16.6. The van der Waals surface area contributed by atoms with Crippen molar-refractivity contribution in [3.8, 4) is 0 Å².